The van der Waals surface area contributed by atoms with E-state index in [0.29, 0.717) is 12.8 Å². The van der Waals surface area contributed by atoms with Gasteiger partial charge in [-0.05, 0) is 19.3 Å². The summed E-state index contributed by atoms with van der Waals surface area (Å²) in [5.41, 5.74) is 0. The van der Waals surface area contributed by atoms with Crippen molar-refractivity contribution >= 4 is 36.6 Å². The van der Waals surface area contributed by atoms with Crippen LogP contribution in [0.2, 0.25) is 0 Å². The molecule has 1 atom stereocenters. The molecule has 0 fully saturated rings. The zero-order valence-corrected chi connectivity index (χ0v) is 24.5. The Balaban J connectivity index is 3.99. The number of phosphoric acid groups is 1. The first-order valence-corrected chi connectivity index (χ1v) is 16.3. The molecule has 0 spiro atoms. The van der Waals surface area contributed by atoms with Gasteiger partial charge in [0.2, 0.25) is 0 Å². The molecule has 2 N–H and O–H groups in total. The summed E-state index contributed by atoms with van der Waals surface area (Å²) >= 11 is 1.39. The molecule has 0 rings (SSSR count). The molecule has 0 unspecified atom stereocenters. The molecule has 0 aliphatic carbocycles. The first-order valence-electron chi connectivity index (χ1n) is 13.8. The molecule has 0 heterocycles. The van der Waals surface area contributed by atoms with E-state index in [9.17, 15) is 18.9 Å². The Hall–Kier alpha value is -0.930. The van der Waals surface area contributed by atoms with Crippen LogP contribution in [0.15, 0.2) is 0 Å². The molecule has 0 radical (unpaired) electrons. The van der Waals surface area contributed by atoms with Crippen molar-refractivity contribution in [2.24, 2.45) is 0 Å². The average Bonchev–Trinajstić information content (AvgIpc) is 2.83. The number of phosphoric ester groups is 1. The van der Waals surface area contributed by atoms with Gasteiger partial charge in [-0.2, -0.15) is 0 Å². The highest BCUT2D eigenvalue weighted by atomic mass is 32.2. The highest BCUT2D eigenvalue weighted by molar-refractivity contribution is 8.13. The lowest BCUT2D eigenvalue weighted by molar-refractivity contribution is -0.161. The molecular formula is C26H49O9PS. The fourth-order valence-electron chi connectivity index (χ4n) is 3.67. The smallest absolute Gasteiger partial charge is 0.462 e. The maximum atomic E-state index is 12.1. The minimum absolute atomic E-state index is 0.180. The fourth-order valence-corrected chi connectivity index (χ4v) is 4.67. The van der Waals surface area contributed by atoms with Crippen molar-refractivity contribution in [3.8, 4) is 0 Å². The number of ether oxygens (including phenoxy) is 2. The van der Waals surface area contributed by atoms with Crippen molar-refractivity contribution in [1.82, 2.24) is 0 Å². The first kappa shape index (κ1) is 36.1. The van der Waals surface area contributed by atoms with E-state index in [0.717, 1.165) is 70.0 Å². The van der Waals surface area contributed by atoms with Crippen molar-refractivity contribution in [3.05, 3.63) is 0 Å². The first-order chi connectivity index (χ1) is 17.6. The lowest BCUT2D eigenvalue weighted by Crippen LogP contribution is -2.29. The van der Waals surface area contributed by atoms with Crippen LogP contribution in [-0.2, 0) is 32.9 Å². The zero-order chi connectivity index (χ0) is 27.8. The van der Waals surface area contributed by atoms with Crippen LogP contribution in [0.25, 0.3) is 0 Å². The number of carbonyl (C=O) groups is 3. The average molecular weight is 569 g/mol. The topological polar surface area (TPSA) is 136 Å². The highest BCUT2D eigenvalue weighted by Gasteiger charge is 2.22. The van der Waals surface area contributed by atoms with E-state index in [1.54, 1.807) is 6.92 Å². The second-order valence-electron chi connectivity index (χ2n) is 9.37. The fraction of sp³-hybridized carbons (Fsp3) is 0.885. The number of rotatable bonds is 25. The van der Waals surface area contributed by atoms with E-state index in [2.05, 4.69) is 11.4 Å². The molecule has 0 aromatic rings. The van der Waals surface area contributed by atoms with E-state index in [-0.39, 0.29) is 24.6 Å². The Morgan fingerprint density at radius 1 is 0.730 bits per heavy atom. The predicted molar refractivity (Wildman–Crippen MR) is 146 cm³/mol. The number of esters is 2. The van der Waals surface area contributed by atoms with Gasteiger partial charge in [-0.3, -0.25) is 18.9 Å². The normalized spacial score (nSPS) is 12.3. The SMILES string of the molecule is CCCCCCCCC(=O)O[C@@H](COC(=O)CCCCCCCCCCCSC(C)=O)COP(=O)(O)O. The number of hydrogen-bond acceptors (Lipinski definition) is 8. The van der Waals surface area contributed by atoms with Gasteiger partial charge >= 0.3 is 19.8 Å². The molecule has 11 heteroatoms. The summed E-state index contributed by atoms with van der Waals surface area (Å²) < 4.78 is 25.9. The van der Waals surface area contributed by atoms with Crippen molar-refractivity contribution in [1.29, 1.82) is 0 Å². The van der Waals surface area contributed by atoms with Gasteiger partial charge in [0.05, 0.1) is 6.61 Å². The van der Waals surface area contributed by atoms with Crippen LogP contribution in [0.5, 0.6) is 0 Å². The highest BCUT2D eigenvalue weighted by Crippen LogP contribution is 2.35. The number of hydrogen-bond donors (Lipinski definition) is 2. The van der Waals surface area contributed by atoms with Crippen molar-refractivity contribution in [2.45, 2.75) is 129 Å². The molecule has 218 valence electrons. The van der Waals surface area contributed by atoms with Gasteiger partial charge in [-0.15, -0.1) is 0 Å². The van der Waals surface area contributed by atoms with E-state index in [1.165, 1.54) is 31.0 Å². The Bertz CT molecular complexity index is 654. The van der Waals surface area contributed by atoms with E-state index >= 15 is 0 Å². The second-order valence-corrected chi connectivity index (χ2v) is 11.9. The molecule has 0 aromatic carbocycles. The van der Waals surface area contributed by atoms with Gasteiger partial charge in [0.15, 0.2) is 11.2 Å². The largest absolute Gasteiger partial charge is 0.469 e. The van der Waals surface area contributed by atoms with Gasteiger partial charge in [0.25, 0.3) is 0 Å². The molecule has 37 heavy (non-hydrogen) atoms. The summed E-state index contributed by atoms with van der Waals surface area (Å²) in [6, 6.07) is 0. The van der Waals surface area contributed by atoms with E-state index < -0.39 is 32.5 Å². The maximum Gasteiger partial charge on any atom is 0.469 e. The van der Waals surface area contributed by atoms with Crippen LogP contribution in [0, 0.1) is 0 Å². The predicted octanol–water partition coefficient (Wildman–Crippen LogP) is 6.48. The number of thioether (sulfide) groups is 1. The Labute approximate surface area is 227 Å². The zero-order valence-electron chi connectivity index (χ0n) is 22.8. The van der Waals surface area contributed by atoms with Gasteiger partial charge in [0.1, 0.15) is 6.61 Å². The summed E-state index contributed by atoms with van der Waals surface area (Å²) in [4.78, 5) is 52.9. The second kappa shape index (κ2) is 24.1. The summed E-state index contributed by atoms with van der Waals surface area (Å²) in [5.74, 6) is -0.0257. The van der Waals surface area contributed by atoms with Crippen LogP contribution in [0.3, 0.4) is 0 Å². The lowest BCUT2D eigenvalue weighted by Gasteiger charge is -2.18. The monoisotopic (exact) mass is 568 g/mol. The minimum atomic E-state index is -4.74. The molecular weight excluding hydrogens is 519 g/mol. The van der Waals surface area contributed by atoms with Crippen LogP contribution in [0.1, 0.15) is 123 Å². The molecule has 9 nitrogen and oxygen atoms in total. The van der Waals surface area contributed by atoms with Gasteiger partial charge in [0, 0.05) is 25.5 Å². The standard InChI is InChI=1S/C26H49O9PS/c1-3-4-5-6-12-16-19-26(29)35-24(22-34-36(30,31)32)21-33-25(28)18-15-13-10-8-7-9-11-14-17-20-37-23(2)27/h24H,3-22H2,1-2H3,(H2,30,31,32)/t24-/m0/s1. The maximum absolute atomic E-state index is 12.1. The Morgan fingerprint density at radius 2 is 1.22 bits per heavy atom. The molecule has 0 aliphatic rings. The van der Waals surface area contributed by atoms with Crippen LogP contribution in [0.4, 0.5) is 0 Å². The van der Waals surface area contributed by atoms with Gasteiger partial charge in [-0.25, -0.2) is 4.57 Å². The molecule has 0 saturated heterocycles. The van der Waals surface area contributed by atoms with Crippen molar-refractivity contribution in [2.75, 3.05) is 19.0 Å². The molecule has 0 aliphatic heterocycles. The van der Waals surface area contributed by atoms with E-state index in [4.69, 9.17) is 19.3 Å². The van der Waals surface area contributed by atoms with Crippen molar-refractivity contribution < 1.29 is 42.7 Å². The summed E-state index contributed by atoms with van der Waals surface area (Å²) in [6.07, 6.45) is 15.0. The van der Waals surface area contributed by atoms with E-state index in [1.807, 2.05) is 0 Å². The summed E-state index contributed by atoms with van der Waals surface area (Å²) in [6.45, 7) is 2.89. The summed E-state index contributed by atoms with van der Waals surface area (Å²) in [7, 11) is -4.74. The lowest BCUT2D eigenvalue weighted by atomic mass is 10.1. The van der Waals surface area contributed by atoms with Crippen molar-refractivity contribution in [3.63, 3.8) is 0 Å². The molecule has 0 bridgehead atoms. The van der Waals surface area contributed by atoms with Crippen LogP contribution in [-0.4, -0.2) is 51.9 Å². The number of carbonyl (C=O) groups excluding carboxylic acids is 3. The molecule has 0 amide bonds. The van der Waals surface area contributed by atoms with Gasteiger partial charge in [-0.1, -0.05) is 95.7 Å². The third-order valence-electron chi connectivity index (χ3n) is 5.72. The Morgan fingerprint density at radius 3 is 1.73 bits per heavy atom. The van der Waals surface area contributed by atoms with Crippen LogP contribution >= 0.6 is 19.6 Å². The minimum Gasteiger partial charge on any atom is -0.462 e. The quantitative estimate of drug-likeness (QED) is 0.0715. The number of unbranched alkanes of at least 4 members (excludes halogenated alkanes) is 13. The molecule has 0 saturated carbocycles. The summed E-state index contributed by atoms with van der Waals surface area (Å²) in [5, 5.41) is 0.180. The van der Waals surface area contributed by atoms with Gasteiger partial charge < -0.3 is 19.3 Å². The third kappa shape index (κ3) is 27.9. The molecule has 0 aromatic heterocycles. The Kier molecular flexibility index (Phi) is 23.5. The van der Waals surface area contributed by atoms with Crippen LogP contribution < -0.4 is 0 Å². The third-order valence-corrected chi connectivity index (χ3v) is 7.11.